The molecule has 0 aliphatic carbocycles. The molecular weight excluding hydrogens is 460 g/mol. The lowest BCUT2D eigenvalue weighted by molar-refractivity contribution is -0.143. The van der Waals surface area contributed by atoms with Gasteiger partial charge in [0.1, 0.15) is 6.54 Å². The fraction of sp³-hybridized carbons (Fsp3) is 0.500. The van der Waals surface area contributed by atoms with Crippen LogP contribution in [0, 0.1) is 0 Å². The smallest absolute Gasteiger partial charge is 0.326 e. The first-order valence-corrected chi connectivity index (χ1v) is 12.7. The number of fused-ring (bicyclic) bond motifs is 1. The zero-order chi connectivity index (χ0) is 25.5. The Morgan fingerprint density at radius 3 is 2.53 bits per heavy atom. The monoisotopic (exact) mass is 494 g/mol. The number of aromatic nitrogens is 4. The van der Waals surface area contributed by atoms with Gasteiger partial charge in [0, 0.05) is 18.7 Å². The molecule has 0 saturated carbocycles. The number of anilines is 2. The molecule has 1 N–H and O–H groups in total. The van der Waals surface area contributed by atoms with E-state index in [-0.39, 0.29) is 31.0 Å². The molecule has 1 saturated heterocycles. The second kappa shape index (κ2) is 11.9. The number of benzene rings is 1. The first-order valence-electron chi connectivity index (χ1n) is 12.7. The average molecular weight is 495 g/mol. The molecule has 0 bridgehead atoms. The molecule has 1 aliphatic rings. The molecule has 0 spiro atoms. The van der Waals surface area contributed by atoms with E-state index in [2.05, 4.69) is 39.0 Å². The number of nitrogens with one attached hydrogen (secondary N) is 1. The van der Waals surface area contributed by atoms with E-state index in [1.165, 1.54) is 5.56 Å². The number of ether oxygens (including phenoxy) is 2. The molecule has 2 aromatic heterocycles. The molecule has 192 valence electrons. The summed E-state index contributed by atoms with van der Waals surface area (Å²) < 4.78 is 12.2. The van der Waals surface area contributed by atoms with Gasteiger partial charge in [-0.1, -0.05) is 32.4 Å². The van der Waals surface area contributed by atoms with Crippen LogP contribution in [0.5, 0.6) is 0 Å². The Morgan fingerprint density at radius 1 is 1.11 bits per heavy atom. The summed E-state index contributed by atoms with van der Waals surface area (Å²) >= 11 is 0. The molecule has 1 unspecified atom stereocenters. The minimum atomic E-state index is -0.387. The highest BCUT2D eigenvalue weighted by Crippen LogP contribution is 2.27. The third kappa shape index (κ3) is 5.81. The topological polar surface area (TPSA) is 111 Å². The second-order valence-corrected chi connectivity index (χ2v) is 8.79. The normalized spacial score (nSPS) is 14.6. The third-order valence-corrected chi connectivity index (χ3v) is 6.36. The minimum absolute atomic E-state index is 0.0326. The maximum atomic E-state index is 13.1. The van der Waals surface area contributed by atoms with Crippen LogP contribution in [-0.2, 0) is 20.8 Å². The van der Waals surface area contributed by atoms with E-state index in [0.717, 1.165) is 19.3 Å². The van der Waals surface area contributed by atoms with E-state index < -0.39 is 0 Å². The molecule has 1 aromatic carbocycles. The molecule has 36 heavy (non-hydrogen) atoms. The Labute approximate surface area is 211 Å². The summed E-state index contributed by atoms with van der Waals surface area (Å²) in [6.45, 7) is 8.81. The number of imidazole rings is 1. The number of rotatable bonds is 10. The lowest BCUT2D eigenvalue weighted by atomic mass is 9.91. The van der Waals surface area contributed by atoms with Gasteiger partial charge in [-0.2, -0.15) is 9.97 Å². The van der Waals surface area contributed by atoms with Crippen LogP contribution < -0.4 is 10.2 Å². The van der Waals surface area contributed by atoms with Crippen LogP contribution in [0.15, 0.2) is 30.6 Å². The van der Waals surface area contributed by atoms with Crippen molar-refractivity contribution >= 4 is 34.8 Å². The number of esters is 1. The average Bonchev–Trinajstić information content (AvgIpc) is 3.29. The van der Waals surface area contributed by atoms with Crippen molar-refractivity contribution in [2.75, 3.05) is 43.1 Å². The second-order valence-electron chi connectivity index (χ2n) is 8.79. The molecule has 10 nitrogen and oxygen atoms in total. The van der Waals surface area contributed by atoms with Crippen LogP contribution in [0.2, 0.25) is 0 Å². The minimum Gasteiger partial charge on any atom is -0.465 e. The number of morpholine rings is 1. The highest BCUT2D eigenvalue weighted by atomic mass is 16.5. The third-order valence-electron chi connectivity index (χ3n) is 6.36. The molecule has 4 rings (SSSR count). The fourth-order valence-electron chi connectivity index (χ4n) is 4.48. The molecule has 1 amide bonds. The molecule has 1 fully saturated rings. The van der Waals surface area contributed by atoms with Crippen LogP contribution in [0.4, 0.5) is 11.8 Å². The van der Waals surface area contributed by atoms with Crippen molar-refractivity contribution < 1.29 is 19.1 Å². The maximum Gasteiger partial charge on any atom is 0.326 e. The van der Waals surface area contributed by atoms with E-state index in [1.54, 1.807) is 17.8 Å². The van der Waals surface area contributed by atoms with Crippen LogP contribution in [0.25, 0.3) is 11.2 Å². The number of hydrogen-bond acceptors (Lipinski definition) is 8. The van der Waals surface area contributed by atoms with Crippen molar-refractivity contribution in [2.45, 2.75) is 52.5 Å². The van der Waals surface area contributed by atoms with Gasteiger partial charge in [0.25, 0.3) is 5.91 Å². The molecule has 3 aromatic rings. The van der Waals surface area contributed by atoms with Crippen molar-refractivity contribution in [1.29, 1.82) is 0 Å². The van der Waals surface area contributed by atoms with Gasteiger partial charge in [-0.15, -0.1) is 0 Å². The van der Waals surface area contributed by atoms with Crippen molar-refractivity contribution in [2.24, 2.45) is 0 Å². The summed E-state index contributed by atoms with van der Waals surface area (Å²) in [5, 5.41) is 2.84. The zero-order valence-corrected chi connectivity index (χ0v) is 21.2. The summed E-state index contributed by atoms with van der Waals surface area (Å²) in [5.74, 6) is 0.563. The Bertz CT molecular complexity index is 1190. The molecule has 3 heterocycles. The van der Waals surface area contributed by atoms with Gasteiger partial charge >= 0.3 is 5.97 Å². The summed E-state index contributed by atoms with van der Waals surface area (Å²) in [7, 11) is 0. The first-order chi connectivity index (χ1) is 17.5. The Balaban J connectivity index is 1.62. The maximum absolute atomic E-state index is 13.1. The molecular formula is C26H34N6O4. The number of carbonyl (C=O) groups is 2. The number of hydrogen-bond donors (Lipinski definition) is 1. The number of nitrogens with zero attached hydrogens (tertiary/aromatic N) is 5. The van der Waals surface area contributed by atoms with Crippen molar-refractivity contribution in [3.63, 3.8) is 0 Å². The van der Waals surface area contributed by atoms with Crippen LogP contribution in [-0.4, -0.2) is 64.3 Å². The van der Waals surface area contributed by atoms with Crippen LogP contribution >= 0.6 is 0 Å². The van der Waals surface area contributed by atoms with E-state index in [9.17, 15) is 9.59 Å². The van der Waals surface area contributed by atoms with Crippen LogP contribution in [0.1, 0.15) is 61.9 Å². The van der Waals surface area contributed by atoms with Gasteiger partial charge < -0.3 is 18.9 Å². The van der Waals surface area contributed by atoms with E-state index in [0.29, 0.717) is 54.8 Å². The highest BCUT2D eigenvalue weighted by molar-refractivity contribution is 6.04. The van der Waals surface area contributed by atoms with Gasteiger partial charge in [-0.05, 0) is 43.4 Å². The van der Waals surface area contributed by atoms with E-state index >= 15 is 0 Å². The predicted octanol–water partition coefficient (Wildman–Crippen LogP) is 3.77. The first kappa shape index (κ1) is 25.6. The summed E-state index contributed by atoms with van der Waals surface area (Å²) in [5.41, 5.74) is 2.79. The quantitative estimate of drug-likeness (QED) is 0.424. The van der Waals surface area contributed by atoms with Gasteiger partial charge in [0.15, 0.2) is 17.0 Å². The zero-order valence-electron chi connectivity index (χ0n) is 21.2. The Hall–Kier alpha value is -3.53. The largest absolute Gasteiger partial charge is 0.465 e. The predicted molar refractivity (Wildman–Crippen MR) is 137 cm³/mol. The summed E-state index contributed by atoms with van der Waals surface area (Å²) in [6, 6.07) is 7.73. The molecule has 0 radical (unpaired) electrons. The lowest BCUT2D eigenvalue weighted by Crippen LogP contribution is -2.37. The SMILES string of the molecule is CCCC(CC)c1ccc(C(=O)Nc2nc(N3CCOCC3)c3ncn(CC(=O)OCC)c3n2)cc1. The van der Waals surface area contributed by atoms with Gasteiger partial charge in [0.05, 0.1) is 26.1 Å². The summed E-state index contributed by atoms with van der Waals surface area (Å²) in [4.78, 5) is 40.9. The van der Waals surface area contributed by atoms with E-state index in [4.69, 9.17) is 9.47 Å². The van der Waals surface area contributed by atoms with Gasteiger partial charge in [0.2, 0.25) is 5.95 Å². The van der Waals surface area contributed by atoms with Gasteiger partial charge in [-0.3, -0.25) is 14.9 Å². The van der Waals surface area contributed by atoms with Crippen molar-refractivity contribution in [3.05, 3.63) is 41.7 Å². The summed E-state index contributed by atoms with van der Waals surface area (Å²) in [6.07, 6.45) is 4.86. The fourth-order valence-corrected chi connectivity index (χ4v) is 4.48. The number of amides is 1. The molecule has 1 aliphatic heterocycles. The van der Waals surface area contributed by atoms with Gasteiger partial charge in [-0.25, -0.2) is 4.98 Å². The van der Waals surface area contributed by atoms with Crippen molar-refractivity contribution in [3.8, 4) is 0 Å². The Morgan fingerprint density at radius 2 is 1.86 bits per heavy atom. The van der Waals surface area contributed by atoms with Crippen LogP contribution in [0.3, 0.4) is 0 Å². The van der Waals surface area contributed by atoms with E-state index in [1.807, 2.05) is 24.3 Å². The standard InChI is InChI=1S/C26H34N6O4/c1-4-7-18(5-2)19-8-10-20(11-9-19)25(34)30-26-28-23(31-12-14-35-15-13-31)22-24(29-26)32(17-27-22)16-21(33)36-6-3/h8-11,17-18H,4-7,12-16H2,1-3H3,(H,28,29,30,34). The van der Waals surface area contributed by atoms with Crippen molar-refractivity contribution in [1.82, 2.24) is 19.5 Å². The lowest BCUT2D eigenvalue weighted by Gasteiger charge is -2.28. The Kier molecular flexibility index (Phi) is 8.48. The molecule has 10 heteroatoms. The number of carbonyl (C=O) groups excluding carboxylic acids is 2. The molecule has 1 atom stereocenters. The highest BCUT2D eigenvalue weighted by Gasteiger charge is 2.22.